The Labute approximate surface area is 67.9 Å². The summed E-state index contributed by atoms with van der Waals surface area (Å²) < 4.78 is 0. The predicted molar refractivity (Wildman–Crippen MR) is 45.1 cm³/mol. The Morgan fingerprint density at radius 3 is 2.09 bits per heavy atom. The summed E-state index contributed by atoms with van der Waals surface area (Å²) in [5.74, 6) is 0.648. The molecule has 0 saturated heterocycles. The second kappa shape index (κ2) is 4.16. The van der Waals surface area contributed by atoms with Crippen molar-refractivity contribution in [2.75, 3.05) is 0 Å². The van der Waals surface area contributed by atoms with Crippen molar-refractivity contribution >= 4 is 5.97 Å². The number of hydrogen-bond acceptors (Lipinski definition) is 1. The molecule has 0 aromatic heterocycles. The highest BCUT2D eigenvalue weighted by Crippen LogP contribution is 2.15. The third-order valence-electron chi connectivity index (χ3n) is 1.75. The van der Waals surface area contributed by atoms with E-state index in [4.69, 9.17) is 5.11 Å². The zero-order chi connectivity index (χ0) is 9.02. The third kappa shape index (κ3) is 3.81. The van der Waals surface area contributed by atoms with Crippen molar-refractivity contribution in [3.05, 3.63) is 17.6 Å². The standard InChI is InChI=1S/C9H15O2/c1-6(2)7(3)5-8(4)9(10)11/h5,7H,1-4H3,(H,10,11). The van der Waals surface area contributed by atoms with Gasteiger partial charge >= 0.3 is 5.97 Å². The van der Waals surface area contributed by atoms with E-state index < -0.39 is 5.97 Å². The van der Waals surface area contributed by atoms with E-state index in [0.717, 1.165) is 0 Å². The normalized spacial score (nSPS) is 15.2. The van der Waals surface area contributed by atoms with Crippen LogP contribution in [-0.2, 0) is 4.79 Å². The molecule has 0 spiro atoms. The van der Waals surface area contributed by atoms with Gasteiger partial charge in [-0.2, -0.15) is 0 Å². The summed E-state index contributed by atoms with van der Waals surface area (Å²) in [4.78, 5) is 10.4. The lowest BCUT2D eigenvalue weighted by Crippen LogP contribution is -2.03. The van der Waals surface area contributed by atoms with E-state index >= 15 is 0 Å². The molecule has 0 saturated carbocycles. The van der Waals surface area contributed by atoms with Gasteiger partial charge in [0.2, 0.25) is 0 Å². The number of hydrogen-bond donors (Lipinski definition) is 1. The zero-order valence-electron chi connectivity index (χ0n) is 7.51. The first-order chi connectivity index (χ1) is 4.95. The van der Waals surface area contributed by atoms with Crippen LogP contribution in [0.3, 0.4) is 0 Å². The molecule has 0 aliphatic carbocycles. The number of carbonyl (C=O) groups is 1. The maximum absolute atomic E-state index is 10.4. The topological polar surface area (TPSA) is 37.3 Å². The number of aliphatic carboxylic acids is 1. The molecule has 2 nitrogen and oxygen atoms in total. The first-order valence-corrected chi connectivity index (χ1v) is 3.67. The van der Waals surface area contributed by atoms with Gasteiger partial charge in [0, 0.05) is 5.57 Å². The van der Waals surface area contributed by atoms with Crippen LogP contribution in [-0.4, -0.2) is 11.1 Å². The average Bonchev–Trinajstić information content (AvgIpc) is 1.87. The van der Waals surface area contributed by atoms with Crippen molar-refractivity contribution in [2.45, 2.75) is 27.7 Å². The van der Waals surface area contributed by atoms with Crippen LogP contribution >= 0.6 is 0 Å². The lowest BCUT2D eigenvalue weighted by molar-refractivity contribution is -0.132. The summed E-state index contributed by atoms with van der Waals surface area (Å²) in [5, 5.41) is 8.54. The van der Waals surface area contributed by atoms with Gasteiger partial charge in [0.05, 0.1) is 0 Å². The summed E-state index contributed by atoms with van der Waals surface area (Å²) in [6, 6.07) is 0. The molecule has 1 unspecified atom stereocenters. The van der Waals surface area contributed by atoms with Gasteiger partial charge in [-0.15, -0.1) is 0 Å². The largest absolute Gasteiger partial charge is 0.478 e. The maximum atomic E-state index is 10.4. The van der Waals surface area contributed by atoms with E-state index in [1.165, 1.54) is 5.92 Å². The number of carboxylic acid groups (broad SMARTS) is 1. The smallest absolute Gasteiger partial charge is 0.330 e. The van der Waals surface area contributed by atoms with Gasteiger partial charge in [-0.25, -0.2) is 4.79 Å². The Morgan fingerprint density at radius 2 is 1.82 bits per heavy atom. The molecule has 11 heavy (non-hydrogen) atoms. The van der Waals surface area contributed by atoms with Gasteiger partial charge < -0.3 is 5.11 Å². The molecule has 1 atom stereocenters. The van der Waals surface area contributed by atoms with E-state index in [1.54, 1.807) is 13.0 Å². The fraction of sp³-hybridized carbons (Fsp3) is 0.556. The highest BCUT2D eigenvalue weighted by atomic mass is 16.4. The Bertz CT molecular complexity index is 168. The molecular formula is C9H15O2. The number of rotatable bonds is 3. The van der Waals surface area contributed by atoms with Crippen LogP contribution < -0.4 is 0 Å². The minimum Gasteiger partial charge on any atom is -0.478 e. The second-order valence-corrected chi connectivity index (χ2v) is 3.02. The quantitative estimate of drug-likeness (QED) is 0.635. The molecule has 0 aromatic carbocycles. The summed E-state index contributed by atoms with van der Waals surface area (Å²) in [5.41, 5.74) is 0.415. The molecule has 2 heteroatoms. The van der Waals surface area contributed by atoms with Crippen LogP contribution in [0.4, 0.5) is 0 Å². The fourth-order valence-corrected chi connectivity index (χ4v) is 0.613. The molecule has 63 valence electrons. The van der Waals surface area contributed by atoms with Crippen molar-refractivity contribution < 1.29 is 9.90 Å². The average molecular weight is 155 g/mol. The Kier molecular flexibility index (Phi) is 3.86. The van der Waals surface area contributed by atoms with Crippen LogP contribution in [0.1, 0.15) is 27.7 Å². The van der Waals surface area contributed by atoms with Crippen LogP contribution in [0.15, 0.2) is 11.6 Å². The summed E-state index contributed by atoms with van der Waals surface area (Å²) in [7, 11) is 0. The highest BCUT2D eigenvalue weighted by molar-refractivity contribution is 5.85. The first-order valence-electron chi connectivity index (χ1n) is 3.67. The van der Waals surface area contributed by atoms with Gasteiger partial charge in [0.25, 0.3) is 0 Å². The highest BCUT2D eigenvalue weighted by Gasteiger charge is 2.07. The molecule has 0 amide bonds. The number of carboxylic acids is 1. The summed E-state index contributed by atoms with van der Waals surface area (Å²) in [6.45, 7) is 7.59. The molecule has 1 radical (unpaired) electrons. The molecule has 0 rings (SSSR count). The van der Waals surface area contributed by atoms with E-state index in [2.05, 4.69) is 0 Å². The maximum Gasteiger partial charge on any atom is 0.330 e. The van der Waals surface area contributed by atoms with E-state index in [-0.39, 0.29) is 5.92 Å². The molecule has 0 fully saturated rings. The number of allylic oxidation sites excluding steroid dienone is 1. The fourth-order valence-electron chi connectivity index (χ4n) is 0.613. The molecule has 0 bridgehead atoms. The minimum absolute atomic E-state index is 0.256. The van der Waals surface area contributed by atoms with Crippen LogP contribution in [0.5, 0.6) is 0 Å². The van der Waals surface area contributed by atoms with Gasteiger partial charge in [-0.05, 0) is 18.8 Å². The van der Waals surface area contributed by atoms with Crippen molar-refractivity contribution in [1.29, 1.82) is 0 Å². The van der Waals surface area contributed by atoms with Crippen molar-refractivity contribution in [3.63, 3.8) is 0 Å². The molecule has 0 aliphatic heterocycles. The van der Waals surface area contributed by atoms with Crippen molar-refractivity contribution in [1.82, 2.24) is 0 Å². The summed E-state index contributed by atoms with van der Waals surface area (Å²) >= 11 is 0. The van der Waals surface area contributed by atoms with E-state index in [1.807, 2.05) is 20.8 Å². The molecule has 0 aliphatic rings. The van der Waals surface area contributed by atoms with Crippen LogP contribution in [0, 0.1) is 11.8 Å². The van der Waals surface area contributed by atoms with E-state index in [9.17, 15) is 4.79 Å². The summed E-state index contributed by atoms with van der Waals surface area (Å²) in [6.07, 6.45) is 1.76. The van der Waals surface area contributed by atoms with Gasteiger partial charge in [-0.1, -0.05) is 26.8 Å². The van der Waals surface area contributed by atoms with Crippen LogP contribution in [0.25, 0.3) is 0 Å². The van der Waals surface area contributed by atoms with Gasteiger partial charge in [0.1, 0.15) is 0 Å². The van der Waals surface area contributed by atoms with E-state index in [0.29, 0.717) is 5.57 Å². The zero-order valence-corrected chi connectivity index (χ0v) is 7.51. The van der Waals surface area contributed by atoms with Gasteiger partial charge in [0.15, 0.2) is 0 Å². The Balaban J connectivity index is 4.19. The predicted octanol–water partition coefficient (Wildman–Crippen LogP) is 2.27. The van der Waals surface area contributed by atoms with Crippen molar-refractivity contribution in [2.24, 2.45) is 5.92 Å². The molecular weight excluding hydrogens is 140 g/mol. The minimum atomic E-state index is -0.835. The SMILES string of the molecule is C[C](C)C(C)C=C(C)C(=O)O. The van der Waals surface area contributed by atoms with Crippen molar-refractivity contribution in [3.8, 4) is 0 Å². The third-order valence-corrected chi connectivity index (χ3v) is 1.75. The van der Waals surface area contributed by atoms with Crippen LogP contribution in [0.2, 0.25) is 0 Å². The van der Waals surface area contributed by atoms with Gasteiger partial charge in [-0.3, -0.25) is 0 Å². The lowest BCUT2D eigenvalue weighted by Gasteiger charge is -2.09. The lowest BCUT2D eigenvalue weighted by atomic mass is 9.96. The molecule has 0 aromatic rings. The monoisotopic (exact) mass is 155 g/mol. The Hall–Kier alpha value is -0.790. The molecule has 0 heterocycles. The molecule has 1 N–H and O–H groups in total. The second-order valence-electron chi connectivity index (χ2n) is 3.02. The first kappa shape index (κ1) is 10.2. The Morgan fingerprint density at radius 1 is 1.36 bits per heavy atom.